The van der Waals surface area contributed by atoms with Crippen molar-refractivity contribution in [3.8, 4) is 0 Å². The fourth-order valence-corrected chi connectivity index (χ4v) is 1.08. The predicted molar refractivity (Wildman–Crippen MR) is 32.6 cm³/mol. The average molecular weight is 339 g/mol. The van der Waals surface area contributed by atoms with Gasteiger partial charge >= 0.3 is 51.4 Å². The molecule has 1 radical (unpaired) electrons. The van der Waals surface area contributed by atoms with E-state index in [9.17, 15) is 0 Å². The van der Waals surface area contributed by atoms with Gasteiger partial charge in [0.25, 0.3) is 0 Å². The van der Waals surface area contributed by atoms with E-state index < -0.39 is 0 Å². The van der Waals surface area contributed by atoms with Gasteiger partial charge in [-0.2, -0.15) is 0 Å². The Bertz CT molecular complexity index is 66.1. The first-order valence-corrected chi connectivity index (χ1v) is 3.18. The van der Waals surface area contributed by atoms with Crippen LogP contribution in [0.1, 0.15) is 25.7 Å². The largest absolute Gasteiger partial charge is 1.00 e. The Morgan fingerprint density at radius 1 is 1.10 bits per heavy atom. The Morgan fingerprint density at radius 2 is 1.50 bits per heavy atom. The Kier molecular flexibility index (Phi) is 11.6. The van der Waals surface area contributed by atoms with Crippen molar-refractivity contribution in [3.05, 3.63) is 5.73 Å². The molecule has 10 heavy (non-hydrogen) atoms. The van der Waals surface area contributed by atoms with Gasteiger partial charge < -0.3 is 10.8 Å². The van der Waals surface area contributed by atoms with Crippen LogP contribution >= 0.6 is 0 Å². The van der Waals surface area contributed by atoms with Crippen LogP contribution in [0.15, 0.2) is 0 Å². The molecule has 4 heteroatoms. The van der Waals surface area contributed by atoms with Gasteiger partial charge in [0, 0.05) is 20.4 Å². The molecule has 0 atom stereocenters. The third kappa shape index (κ3) is 5.82. The van der Waals surface area contributed by atoms with Crippen LogP contribution in [0.4, 0.5) is 0 Å². The van der Waals surface area contributed by atoms with Gasteiger partial charge in [-0.3, -0.25) is 0 Å². The van der Waals surface area contributed by atoms with E-state index in [0.29, 0.717) is 0 Å². The second-order valence-corrected chi connectivity index (χ2v) is 2.51. The summed E-state index contributed by atoms with van der Waals surface area (Å²) in [6.07, 6.45) is 3.36. The Labute approximate surface area is 118 Å². The van der Waals surface area contributed by atoms with E-state index in [1.54, 1.807) is 0 Å². The van der Waals surface area contributed by atoms with Crippen LogP contribution in [0.5, 0.6) is 0 Å². The predicted octanol–water partition coefficient (Wildman–Crippen LogP) is -1.66. The van der Waals surface area contributed by atoms with Gasteiger partial charge in [-0.15, -0.1) is 6.04 Å². The molecule has 1 fully saturated rings. The Hall–Kier alpha value is 2.22. The molecule has 0 amide bonds. The molecule has 0 aromatic heterocycles. The second-order valence-electron chi connectivity index (χ2n) is 2.51. The molecule has 0 unspecified atom stereocenters. The molecular formula is C6H12KNORe. The molecule has 2 nitrogen and oxygen atoms in total. The minimum absolute atomic E-state index is 0. The maximum atomic E-state index is 8.94. The summed E-state index contributed by atoms with van der Waals surface area (Å²) >= 11 is 0. The second kappa shape index (κ2) is 7.85. The van der Waals surface area contributed by atoms with Crippen molar-refractivity contribution in [2.45, 2.75) is 37.8 Å². The maximum Gasteiger partial charge on any atom is 1.00 e. The third-order valence-corrected chi connectivity index (χ3v) is 1.70. The summed E-state index contributed by atoms with van der Waals surface area (Å²) in [6, 6.07) is 0.110. The minimum atomic E-state index is -0.100. The van der Waals surface area contributed by atoms with Crippen molar-refractivity contribution in [1.29, 1.82) is 0 Å². The monoisotopic (exact) mass is 340 g/mol. The van der Waals surface area contributed by atoms with Crippen molar-refractivity contribution in [3.63, 3.8) is 0 Å². The molecule has 0 spiro atoms. The third-order valence-electron chi connectivity index (χ3n) is 1.70. The van der Waals surface area contributed by atoms with Crippen molar-refractivity contribution in [1.82, 2.24) is 0 Å². The molecule has 1 saturated carbocycles. The number of hydrogen-bond acceptors (Lipinski definition) is 1. The molecule has 1 rings (SSSR count). The average Bonchev–Trinajstić information content (AvgIpc) is 1.77. The fourth-order valence-electron chi connectivity index (χ4n) is 1.08. The molecule has 0 saturated heterocycles. The number of aliphatic hydroxyl groups excluding tert-OH is 1. The first kappa shape index (κ1) is 14.7. The van der Waals surface area contributed by atoms with Crippen LogP contribution in [0.25, 0.3) is 5.73 Å². The quantitative estimate of drug-likeness (QED) is 0.528. The fraction of sp³-hybridized carbons (Fsp3) is 1.00. The van der Waals surface area contributed by atoms with Crippen molar-refractivity contribution in [2.75, 3.05) is 0 Å². The van der Waals surface area contributed by atoms with Gasteiger partial charge in [0.05, 0.1) is 6.10 Å². The zero-order valence-corrected chi connectivity index (χ0v) is 12.1. The number of aliphatic hydroxyl groups is 1. The summed E-state index contributed by atoms with van der Waals surface area (Å²) in [4.78, 5) is 0. The van der Waals surface area contributed by atoms with E-state index in [1.165, 1.54) is 0 Å². The standard InChI is InChI=1S/C6H12NO.K.Re/c7-5-1-3-6(8)4-2-5;;/h5-8H,1-4H2;;/q-1;+1;. The van der Waals surface area contributed by atoms with Gasteiger partial charge in [0.1, 0.15) is 0 Å². The van der Waals surface area contributed by atoms with Crippen LogP contribution in [-0.4, -0.2) is 17.3 Å². The van der Waals surface area contributed by atoms with E-state index in [2.05, 4.69) is 0 Å². The molecule has 0 aliphatic heterocycles. The minimum Gasteiger partial charge on any atom is -0.675 e. The molecule has 0 aromatic rings. The topological polar surface area (TPSA) is 44.0 Å². The zero-order chi connectivity index (χ0) is 5.98. The summed E-state index contributed by atoms with van der Waals surface area (Å²) in [5.41, 5.74) is 7.25. The van der Waals surface area contributed by atoms with E-state index >= 15 is 0 Å². The van der Waals surface area contributed by atoms with Gasteiger partial charge in [0.2, 0.25) is 0 Å². The number of hydrogen-bond donors (Lipinski definition) is 1. The Balaban J connectivity index is 0. The molecule has 0 heterocycles. The smallest absolute Gasteiger partial charge is 0.675 e. The summed E-state index contributed by atoms with van der Waals surface area (Å²) < 4.78 is 0. The van der Waals surface area contributed by atoms with Crippen LogP contribution in [0.2, 0.25) is 0 Å². The number of nitrogens with one attached hydrogen (secondary N) is 1. The molecule has 1 aliphatic rings. The van der Waals surface area contributed by atoms with Gasteiger partial charge in [-0.05, 0) is 12.8 Å². The van der Waals surface area contributed by atoms with E-state index in [0.717, 1.165) is 25.7 Å². The molecular weight excluding hydrogens is 327 g/mol. The van der Waals surface area contributed by atoms with Crippen molar-refractivity contribution < 1.29 is 76.9 Å². The first-order valence-electron chi connectivity index (χ1n) is 3.18. The zero-order valence-electron chi connectivity index (χ0n) is 6.31. The van der Waals surface area contributed by atoms with E-state index in [4.69, 9.17) is 10.8 Å². The Morgan fingerprint density at radius 3 is 1.80 bits per heavy atom. The van der Waals surface area contributed by atoms with Crippen LogP contribution in [0, 0.1) is 0 Å². The molecule has 1 aliphatic carbocycles. The van der Waals surface area contributed by atoms with E-state index in [1.807, 2.05) is 0 Å². The SMILES string of the molecule is [K+].[NH-]C1CCC(O)CC1.[Re]. The van der Waals surface area contributed by atoms with Gasteiger partial charge in [-0.25, -0.2) is 0 Å². The van der Waals surface area contributed by atoms with Crippen LogP contribution in [0.3, 0.4) is 0 Å². The summed E-state index contributed by atoms with van der Waals surface area (Å²) in [7, 11) is 0. The van der Waals surface area contributed by atoms with Crippen LogP contribution < -0.4 is 51.4 Å². The van der Waals surface area contributed by atoms with Gasteiger partial charge in [-0.1, -0.05) is 12.8 Å². The summed E-state index contributed by atoms with van der Waals surface area (Å²) in [6.45, 7) is 0. The molecule has 55 valence electrons. The van der Waals surface area contributed by atoms with Crippen molar-refractivity contribution >= 4 is 0 Å². The summed E-state index contributed by atoms with van der Waals surface area (Å²) in [5.74, 6) is 0. The molecule has 2 N–H and O–H groups in total. The first-order chi connectivity index (χ1) is 3.79. The normalized spacial score (nSPS) is 31.8. The van der Waals surface area contributed by atoms with Crippen molar-refractivity contribution in [2.24, 2.45) is 0 Å². The molecule has 0 bridgehead atoms. The number of rotatable bonds is 0. The maximum absolute atomic E-state index is 8.94. The van der Waals surface area contributed by atoms with E-state index in [-0.39, 0.29) is 84.0 Å². The van der Waals surface area contributed by atoms with Crippen LogP contribution in [-0.2, 0) is 20.4 Å². The summed E-state index contributed by atoms with van der Waals surface area (Å²) in [5, 5.41) is 8.94. The molecule has 0 aromatic carbocycles. The van der Waals surface area contributed by atoms with Gasteiger partial charge in [0.15, 0.2) is 0 Å².